The second-order valence-corrected chi connectivity index (χ2v) is 7.87. The van der Waals surface area contributed by atoms with Gasteiger partial charge in [0.1, 0.15) is 6.61 Å². The highest BCUT2D eigenvalue weighted by molar-refractivity contribution is 9.10. The van der Waals surface area contributed by atoms with E-state index < -0.39 is 17.7 Å². The molecule has 146 valence electrons. The maximum Gasteiger partial charge on any atom is 0.333 e. The van der Waals surface area contributed by atoms with Crippen molar-refractivity contribution in [3.63, 3.8) is 0 Å². The number of amides is 1. The van der Waals surface area contributed by atoms with Gasteiger partial charge in [-0.15, -0.1) is 0 Å². The van der Waals surface area contributed by atoms with Crippen LogP contribution in [0.5, 0.6) is 0 Å². The van der Waals surface area contributed by atoms with Gasteiger partial charge in [0.15, 0.2) is 0 Å². The quantitative estimate of drug-likeness (QED) is 0.347. The van der Waals surface area contributed by atoms with Crippen molar-refractivity contribution in [1.82, 2.24) is 9.88 Å². The second-order valence-electron chi connectivity index (χ2n) is 6.52. The molecule has 0 spiro atoms. The molecule has 2 heterocycles. The molecular weight excluding hydrogens is 460 g/mol. The van der Waals surface area contributed by atoms with Gasteiger partial charge in [-0.05, 0) is 35.9 Å². The molecule has 3 aromatic rings. The molecule has 0 saturated carbocycles. The summed E-state index contributed by atoms with van der Waals surface area (Å²) in [7, 11) is 0. The molecule has 1 aliphatic rings. The third kappa shape index (κ3) is 4.11. The van der Waals surface area contributed by atoms with Crippen LogP contribution in [0.4, 0.5) is 0 Å². The molecule has 0 saturated heterocycles. The van der Waals surface area contributed by atoms with Gasteiger partial charge in [-0.1, -0.05) is 39.7 Å². The van der Waals surface area contributed by atoms with E-state index in [0.717, 1.165) is 21.6 Å². The first-order chi connectivity index (χ1) is 13.9. The zero-order chi connectivity index (χ0) is 20.5. The van der Waals surface area contributed by atoms with Crippen LogP contribution < -0.4 is 5.32 Å². The predicted molar refractivity (Wildman–Crippen MR) is 112 cm³/mol. The summed E-state index contributed by atoms with van der Waals surface area (Å²) in [6.07, 6.45) is 2.82. The summed E-state index contributed by atoms with van der Waals surface area (Å²) in [4.78, 5) is 36.4. The van der Waals surface area contributed by atoms with Crippen molar-refractivity contribution in [2.24, 2.45) is 0 Å². The maximum atomic E-state index is 12.8. The van der Waals surface area contributed by atoms with Gasteiger partial charge in [-0.2, -0.15) is 0 Å². The number of cyclic esters (lactones) is 1. The number of ketones is 1. The first-order valence-electron chi connectivity index (χ1n) is 8.66. The number of nitrogens with one attached hydrogen (secondary N) is 1. The van der Waals surface area contributed by atoms with E-state index in [1.165, 1.54) is 0 Å². The summed E-state index contributed by atoms with van der Waals surface area (Å²) in [5.41, 5.74) is 2.36. The van der Waals surface area contributed by atoms with Crippen LogP contribution >= 0.6 is 27.5 Å². The number of hydrogen-bond donors (Lipinski definition) is 1. The standard InChI is InChI=1S/C21H14BrClN2O4/c22-13-3-6-18-16(7-13)17(10-25(18)9-12-1-4-14(23)5-2-12)20(27)21(28)24-15-8-19(26)29-11-15/h1-8,10H,9,11H2,(H,24,28). The van der Waals surface area contributed by atoms with Crippen LogP contribution in [0.15, 0.2) is 64.9 Å². The van der Waals surface area contributed by atoms with Gasteiger partial charge in [-0.25, -0.2) is 4.79 Å². The normalized spacial score (nSPS) is 13.3. The van der Waals surface area contributed by atoms with Crippen molar-refractivity contribution in [2.45, 2.75) is 6.54 Å². The molecule has 0 aliphatic carbocycles. The van der Waals surface area contributed by atoms with Crippen LogP contribution in [-0.2, 0) is 20.9 Å². The number of Topliss-reactive ketones (excluding diaryl/α,β-unsaturated/α-hetero) is 1. The van der Waals surface area contributed by atoms with Gasteiger partial charge in [0.2, 0.25) is 0 Å². The molecule has 8 heteroatoms. The fraction of sp³-hybridized carbons (Fsp3) is 0.0952. The van der Waals surface area contributed by atoms with Crippen molar-refractivity contribution in [2.75, 3.05) is 6.61 Å². The lowest BCUT2D eigenvalue weighted by Crippen LogP contribution is -2.31. The first kappa shape index (κ1) is 19.4. The number of carbonyl (C=O) groups is 3. The van der Waals surface area contributed by atoms with E-state index in [1.807, 2.05) is 28.8 Å². The number of esters is 1. The highest BCUT2D eigenvalue weighted by atomic mass is 79.9. The Hall–Kier alpha value is -2.90. The van der Waals surface area contributed by atoms with Crippen LogP contribution in [0.2, 0.25) is 5.02 Å². The average molecular weight is 474 g/mol. The van der Waals surface area contributed by atoms with Crippen molar-refractivity contribution < 1.29 is 19.1 Å². The number of ether oxygens (including phenoxy) is 1. The van der Waals surface area contributed by atoms with Crippen LogP contribution in [0.25, 0.3) is 10.9 Å². The van der Waals surface area contributed by atoms with Gasteiger partial charge in [0.25, 0.3) is 11.7 Å². The molecule has 0 radical (unpaired) electrons. The lowest BCUT2D eigenvalue weighted by atomic mass is 10.1. The van der Waals surface area contributed by atoms with Gasteiger partial charge >= 0.3 is 5.97 Å². The fourth-order valence-corrected chi connectivity index (χ4v) is 3.63. The minimum atomic E-state index is -0.819. The van der Waals surface area contributed by atoms with E-state index in [0.29, 0.717) is 17.0 Å². The molecule has 1 amide bonds. The van der Waals surface area contributed by atoms with Gasteiger partial charge in [0, 0.05) is 39.2 Å². The third-order valence-corrected chi connectivity index (χ3v) is 5.24. The molecule has 0 fully saturated rings. The van der Waals surface area contributed by atoms with Gasteiger partial charge < -0.3 is 14.6 Å². The number of benzene rings is 2. The summed E-state index contributed by atoms with van der Waals surface area (Å²) in [6, 6.07) is 13.0. The first-order valence-corrected chi connectivity index (χ1v) is 9.83. The summed E-state index contributed by atoms with van der Waals surface area (Å²) in [6.45, 7) is 0.458. The highest BCUT2D eigenvalue weighted by Crippen LogP contribution is 2.27. The zero-order valence-electron chi connectivity index (χ0n) is 14.9. The smallest absolute Gasteiger partial charge is 0.333 e. The highest BCUT2D eigenvalue weighted by Gasteiger charge is 2.24. The lowest BCUT2D eigenvalue weighted by molar-refractivity contribution is -0.135. The molecular formula is C21H14BrClN2O4. The minimum absolute atomic E-state index is 0.0538. The van der Waals surface area contributed by atoms with E-state index in [2.05, 4.69) is 21.2 Å². The van der Waals surface area contributed by atoms with Gasteiger partial charge in [-0.3, -0.25) is 9.59 Å². The number of aromatic nitrogens is 1. The largest absolute Gasteiger partial charge is 0.456 e. The summed E-state index contributed by atoms with van der Waals surface area (Å²) in [5, 5.41) is 3.74. The Kier molecular flexibility index (Phi) is 5.25. The molecule has 0 atom stereocenters. The Bertz CT molecular complexity index is 1180. The summed E-state index contributed by atoms with van der Waals surface area (Å²) < 4.78 is 7.44. The Morgan fingerprint density at radius 1 is 1.17 bits per heavy atom. The van der Waals surface area contributed by atoms with E-state index in [4.69, 9.17) is 16.3 Å². The Morgan fingerprint density at radius 2 is 1.93 bits per heavy atom. The van der Waals surface area contributed by atoms with Crippen molar-refractivity contribution in [3.05, 3.63) is 81.1 Å². The SMILES string of the molecule is O=C1C=C(NC(=O)C(=O)c2cn(Cc3ccc(Cl)cc3)c3ccc(Br)cc23)CO1. The molecule has 0 unspecified atom stereocenters. The van der Waals surface area contributed by atoms with Crippen molar-refractivity contribution in [3.8, 4) is 0 Å². The average Bonchev–Trinajstić information content (AvgIpc) is 3.26. The Morgan fingerprint density at radius 3 is 2.62 bits per heavy atom. The predicted octanol–water partition coefficient (Wildman–Crippen LogP) is 3.85. The number of nitrogens with zero attached hydrogens (tertiary/aromatic N) is 1. The van der Waals surface area contributed by atoms with Crippen molar-refractivity contribution in [1.29, 1.82) is 0 Å². The molecule has 29 heavy (non-hydrogen) atoms. The summed E-state index contributed by atoms with van der Waals surface area (Å²) in [5.74, 6) is -2.06. The molecule has 0 bridgehead atoms. The summed E-state index contributed by atoms with van der Waals surface area (Å²) >= 11 is 9.37. The molecule has 6 nitrogen and oxygen atoms in total. The molecule has 1 aromatic heterocycles. The van der Waals surface area contributed by atoms with E-state index in [-0.39, 0.29) is 17.9 Å². The monoisotopic (exact) mass is 472 g/mol. The number of hydrogen-bond acceptors (Lipinski definition) is 4. The van der Waals surface area contributed by atoms with E-state index in [9.17, 15) is 14.4 Å². The van der Waals surface area contributed by atoms with Crippen LogP contribution in [0.1, 0.15) is 15.9 Å². The maximum absolute atomic E-state index is 12.8. The second kappa shape index (κ2) is 7.85. The zero-order valence-corrected chi connectivity index (χ0v) is 17.3. The number of fused-ring (bicyclic) bond motifs is 1. The Labute approximate surface area is 179 Å². The third-order valence-electron chi connectivity index (χ3n) is 4.50. The van der Waals surface area contributed by atoms with Crippen LogP contribution in [0.3, 0.4) is 0 Å². The van der Waals surface area contributed by atoms with E-state index in [1.54, 1.807) is 24.4 Å². The van der Waals surface area contributed by atoms with Crippen LogP contribution in [-0.4, -0.2) is 28.8 Å². The van der Waals surface area contributed by atoms with E-state index >= 15 is 0 Å². The lowest BCUT2D eigenvalue weighted by Gasteiger charge is -2.06. The fourth-order valence-electron chi connectivity index (χ4n) is 3.14. The molecule has 1 N–H and O–H groups in total. The Balaban J connectivity index is 1.68. The molecule has 2 aromatic carbocycles. The number of halogens is 2. The molecule has 1 aliphatic heterocycles. The minimum Gasteiger partial charge on any atom is -0.456 e. The topological polar surface area (TPSA) is 77.4 Å². The van der Waals surface area contributed by atoms with Crippen molar-refractivity contribution >= 4 is 56.1 Å². The van der Waals surface area contributed by atoms with Crippen LogP contribution in [0, 0.1) is 0 Å². The van der Waals surface area contributed by atoms with Gasteiger partial charge in [0.05, 0.1) is 11.3 Å². The molecule has 4 rings (SSSR count). The number of carbonyl (C=O) groups excluding carboxylic acids is 3. The number of rotatable bonds is 5.